The lowest BCUT2D eigenvalue weighted by atomic mass is 10.3. The van der Waals surface area contributed by atoms with Crippen LogP contribution >= 0.6 is 0 Å². The number of nitrogens with one attached hydrogen (secondary N) is 1. The van der Waals surface area contributed by atoms with Gasteiger partial charge in [0.1, 0.15) is 0 Å². The molecule has 6 nitrogen and oxygen atoms in total. The fourth-order valence-electron chi connectivity index (χ4n) is 1.90. The molecular formula is C12H23N3O3S. The highest BCUT2D eigenvalue weighted by molar-refractivity contribution is 7.89. The van der Waals surface area contributed by atoms with Gasteiger partial charge < -0.3 is 15.0 Å². The second kappa shape index (κ2) is 6.51. The molecule has 0 bridgehead atoms. The number of sulfonamides is 1. The van der Waals surface area contributed by atoms with Crippen LogP contribution in [0, 0.1) is 0 Å². The van der Waals surface area contributed by atoms with E-state index in [1.807, 2.05) is 18.4 Å². The molecule has 110 valence electrons. The second-order valence-electron chi connectivity index (χ2n) is 4.85. The Balaban J connectivity index is 3.02. The first-order chi connectivity index (χ1) is 8.81. The van der Waals surface area contributed by atoms with E-state index >= 15 is 0 Å². The molecule has 1 heterocycles. The molecule has 0 amide bonds. The Morgan fingerprint density at radius 3 is 2.47 bits per heavy atom. The van der Waals surface area contributed by atoms with Gasteiger partial charge in [0.25, 0.3) is 0 Å². The Morgan fingerprint density at radius 1 is 1.42 bits per heavy atom. The second-order valence-corrected chi connectivity index (χ2v) is 6.56. The molecule has 1 aromatic heterocycles. The Kier molecular flexibility index (Phi) is 5.54. The number of nitrogens with zero attached hydrogens (tertiary/aromatic N) is 1. The van der Waals surface area contributed by atoms with Crippen LogP contribution in [0.5, 0.6) is 0 Å². The summed E-state index contributed by atoms with van der Waals surface area (Å²) in [5.74, 6) is 0. The van der Waals surface area contributed by atoms with Gasteiger partial charge in [-0.25, -0.2) is 13.1 Å². The molecule has 0 aliphatic rings. The first kappa shape index (κ1) is 16.2. The quantitative estimate of drug-likeness (QED) is 0.779. The smallest absolute Gasteiger partial charge is 0.242 e. The number of methoxy groups -OCH3 is 1. The zero-order valence-electron chi connectivity index (χ0n) is 11.9. The lowest BCUT2D eigenvalue weighted by molar-refractivity contribution is 0.180. The first-order valence-corrected chi connectivity index (χ1v) is 7.72. The molecule has 19 heavy (non-hydrogen) atoms. The van der Waals surface area contributed by atoms with E-state index in [1.165, 1.54) is 7.11 Å². The van der Waals surface area contributed by atoms with Crippen LogP contribution < -0.4 is 10.5 Å². The molecule has 3 N–H and O–H groups in total. The molecule has 0 aromatic carbocycles. The topological polar surface area (TPSA) is 86.3 Å². The Labute approximate surface area is 115 Å². The summed E-state index contributed by atoms with van der Waals surface area (Å²) in [6, 6.07) is 1.50. The molecule has 1 rings (SSSR count). The molecule has 1 unspecified atom stereocenters. The van der Waals surface area contributed by atoms with Gasteiger partial charge in [0, 0.05) is 37.6 Å². The number of hydrogen-bond acceptors (Lipinski definition) is 4. The van der Waals surface area contributed by atoms with Gasteiger partial charge in [0.2, 0.25) is 10.0 Å². The average Bonchev–Trinajstić information content (AvgIpc) is 2.73. The molecule has 0 aliphatic heterocycles. The maximum atomic E-state index is 12.2. The summed E-state index contributed by atoms with van der Waals surface area (Å²) in [6.45, 7) is 6.35. The van der Waals surface area contributed by atoms with Gasteiger partial charge in [0.15, 0.2) is 0 Å². The van der Waals surface area contributed by atoms with Crippen LogP contribution in [0.2, 0.25) is 0 Å². The van der Waals surface area contributed by atoms with Crippen molar-refractivity contribution in [1.82, 2.24) is 9.29 Å². The summed E-state index contributed by atoms with van der Waals surface area (Å²) in [6.07, 6.45) is 1.62. The van der Waals surface area contributed by atoms with Gasteiger partial charge in [0.05, 0.1) is 11.5 Å². The normalized spacial score (nSPS) is 14.0. The third kappa shape index (κ3) is 4.04. The standard InChI is InChI=1S/C12H23N3O3S/c1-9(2)15-7-12(5-11(15)6-13)19(16,17)14-10(3)8-18-4/h5,7,9-10,14H,6,8,13H2,1-4H3. The first-order valence-electron chi connectivity index (χ1n) is 6.24. The Hall–Kier alpha value is -0.890. The van der Waals surface area contributed by atoms with Crippen LogP contribution in [0.4, 0.5) is 0 Å². The highest BCUT2D eigenvalue weighted by Gasteiger charge is 2.21. The summed E-state index contributed by atoms with van der Waals surface area (Å²) in [5, 5.41) is 0. The van der Waals surface area contributed by atoms with E-state index in [9.17, 15) is 8.42 Å². The summed E-state index contributed by atoms with van der Waals surface area (Å²) in [7, 11) is -2.00. The minimum Gasteiger partial charge on any atom is -0.383 e. The fraction of sp³-hybridized carbons (Fsp3) is 0.667. The summed E-state index contributed by atoms with van der Waals surface area (Å²) < 4.78 is 33.8. The molecule has 0 saturated heterocycles. The van der Waals surface area contributed by atoms with Crippen molar-refractivity contribution in [1.29, 1.82) is 0 Å². The minimum absolute atomic E-state index is 0.166. The molecule has 7 heteroatoms. The van der Waals surface area contributed by atoms with Crippen molar-refractivity contribution < 1.29 is 13.2 Å². The van der Waals surface area contributed by atoms with Crippen LogP contribution in [-0.2, 0) is 21.3 Å². The van der Waals surface area contributed by atoms with E-state index in [1.54, 1.807) is 19.2 Å². The van der Waals surface area contributed by atoms with E-state index in [-0.39, 0.29) is 17.0 Å². The van der Waals surface area contributed by atoms with Gasteiger partial charge in [-0.15, -0.1) is 0 Å². The summed E-state index contributed by atoms with van der Waals surface area (Å²) in [5.41, 5.74) is 6.44. The van der Waals surface area contributed by atoms with Crippen molar-refractivity contribution in [2.75, 3.05) is 13.7 Å². The van der Waals surface area contributed by atoms with Crippen LogP contribution in [0.3, 0.4) is 0 Å². The van der Waals surface area contributed by atoms with Crippen molar-refractivity contribution >= 4 is 10.0 Å². The van der Waals surface area contributed by atoms with Gasteiger partial charge >= 0.3 is 0 Å². The lowest BCUT2D eigenvalue weighted by Gasteiger charge is -2.12. The number of rotatable bonds is 7. The lowest BCUT2D eigenvalue weighted by Crippen LogP contribution is -2.35. The van der Waals surface area contributed by atoms with Crippen molar-refractivity contribution in [2.45, 2.75) is 44.3 Å². The molecule has 0 radical (unpaired) electrons. The van der Waals surface area contributed by atoms with E-state index in [2.05, 4.69) is 4.72 Å². The summed E-state index contributed by atoms with van der Waals surface area (Å²) >= 11 is 0. The van der Waals surface area contributed by atoms with Crippen LogP contribution in [-0.4, -0.2) is 32.7 Å². The van der Waals surface area contributed by atoms with Gasteiger partial charge in [-0.2, -0.15) is 0 Å². The average molecular weight is 289 g/mol. The maximum absolute atomic E-state index is 12.2. The van der Waals surface area contributed by atoms with Crippen molar-refractivity contribution in [3.63, 3.8) is 0 Å². The molecule has 0 aliphatic carbocycles. The van der Waals surface area contributed by atoms with E-state index in [4.69, 9.17) is 10.5 Å². The largest absolute Gasteiger partial charge is 0.383 e. The van der Waals surface area contributed by atoms with Gasteiger partial charge in [-0.1, -0.05) is 0 Å². The zero-order chi connectivity index (χ0) is 14.6. The minimum atomic E-state index is -3.53. The van der Waals surface area contributed by atoms with Gasteiger partial charge in [-0.3, -0.25) is 0 Å². The molecule has 0 fully saturated rings. The summed E-state index contributed by atoms with van der Waals surface area (Å²) in [4.78, 5) is 0.240. The third-order valence-electron chi connectivity index (χ3n) is 2.76. The highest BCUT2D eigenvalue weighted by atomic mass is 32.2. The number of ether oxygens (including phenoxy) is 1. The number of hydrogen-bond donors (Lipinski definition) is 2. The van der Waals surface area contributed by atoms with E-state index < -0.39 is 10.0 Å². The van der Waals surface area contributed by atoms with Crippen LogP contribution in [0.15, 0.2) is 17.2 Å². The molecule has 1 atom stereocenters. The predicted octanol–water partition coefficient (Wildman–Crippen LogP) is 0.841. The maximum Gasteiger partial charge on any atom is 0.242 e. The van der Waals surface area contributed by atoms with E-state index in [0.717, 1.165) is 5.69 Å². The molecular weight excluding hydrogens is 266 g/mol. The van der Waals surface area contributed by atoms with Gasteiger partial charge in [-0.05, 0) is 26.8 Å². The monoisotopic (exact) mass is 289 g/mol. The third-order valence-corrected chi connectivity index (χ3v) is 4.31. The van der Waals surface area contributed by atoms with Crippen LogP contribution in [0.25, 0.3) is 0 Å². The number of aromatic nitrogens is 1. The molecule has 0 spiro atoms. The van der Waals surface area contributed by atoms with Crippen molar-refractivity contribution in [3.8, 4) is 0 Å². The Bertz CT molecular complexity index is 508. The van der Waals surface area contributed by atoms with E-state index in [0.29, 0.717) is 13.2 Å². The molecule has 0 saturated carbocycles. The molecule has 1 aromatic rings. The van der Waals surface area contributed by atoms with Crippen molar-refractivity contribution in [2.24, 2.45) is 5.73 Å². The van der Waals surface area contributed by atoms with Crippen LogP contribution in [0.1, 0.15) is 32.5 Å². The highest BCUT2D eigenvalue weighted by Crippen LogP contribution is 2.18. The zero-order valence-corrected chi connectivity index (χ0v) is 12.7. The fourth-order valence-corrected chi connectivity index (χ4v) is 3.18. The number of nitrogens with two attached hydrogens (primary N) is 1. The van der Waals surface area contributed by atoms with Crippen molar-refractivity contribution in [3.05, 3.63) is 18.0 Å². The Morgan fingerprint density at radius 2 is 2.05 bits per heavy atom. The predicted molar refractivity (Wildman–Crippen MR) is 74.4 cm³/mol. The SMILES string of the molecule is COCC(C)NS(=O)(=O)c1cc(CN)n(C(C)C)c1.